The molecular formula is C18H30FN5O2. The quantitative estimate of drug-likeness (QED) is 0.263. The molecule has 0 atom stereocenters. The fourth-order valence-electron chi connectivity index (χ4n) is 1.98. The third-order valence-corrected chi connectivity index (χ3v) is 3.50. The highest BCUT2D eigenvalue weighted by Gasteiger charge is 2.16. The fraction of sp³-hybridized carbons (Fsp3) is 0.500. The van der Waals surface area contributed by atoms with Crippen molar-refractivity contribution < 1.29 is 14.0 Å². The second-order valence-corrected chi connectivity index (χ2v) is 6.13. The summed E-state index contributed by atoms with van der Waals surface area (Å²) in [4.78, 5) is 25.5. The molecule has 0 heterocycles. The normalized spacial score (nSPS) is 13.3. The SMILES string of the molecule is C/C(F)=C(\C=C/C(C)C)C(/N)=C(/C=N)C(=O)NCCC(=O)N(C)CCN. The van der Waals surface area contributed by atoms with Crippen LogP contribution in [0.15, 0.2) is 34.8 Å². The van der Waals surface area contributed by atoms with Crippen LogP contribution in [0.4, 0.5) is 4.39 Å². The minimum atomic E-state index is -0.636. The predicted molar refractivity (Wildman–Crippen MR) is 102 cm³/mol. The Morgan fingerprint density at radius 2 is 1.92 bits per heavy atom. The van der Waals surface area contributed by atoms with Crippen molar-refractivity contribution in [3.8, 4) is 0 Å². The van der Waals surface area contributed by atoms with Crippen LogP contribution in [0.2, 0.25) is 0 Å². The smallest absolute Gasteiger partial charge is 0.254 e. The zero-order valence-corrected chi connectivity index (χ0v) is 15.9. The first kappa shape index (κ1) is 23.5. The number of amides is 2. The molecule has 0 spiro atoms. The Labute approximate surface area is 154 Å². The molecule has 0 bridgehead atoms. The van der Waals surface area contributed by atoms with Crippen molar-refractivity contribution in [1.29, 1.82) is 5.41 Å². The standard InChI is InChI=1S/C18H30FN5O2/c1-12(2)5-6-14(13(3)19)17(22)15(11-21)18(26)23-9-7-16(25)24(4)10-8-20/h5-6,11-12,21H,7-10,20,22H2,1-4H3,(H,23,26)/b6-5-,14-13-,17-15+,21-11?. The third-order valence-electron chi connectivity index (χ3n) is 3.50. The number of carbonyl (C=O) groups excluding carboxylic acids is 2. The Kier molecular flexibility index (Phi) is 10.8. The number of nitrogens with one attached hydrogen (secondary N) is 2. The van der Waals surface area contributed by atoms with Gasteiger partial charge in [-0.1, -0.05) is 26.0 Å². The Balaban J connectivity index is 5.15. The number of nitrogens with zero attached hydrogens (tertiary/aromatic N) is 1. The van der Waals surface area contributed by atoms with Gasteiger partial charge in [-0.3, -0.25) is 9.59 Å². The summed E-state index contributed by atoms with van der Waals surface area (Å²) in [6.45, 7) is 5.94. The summed E-state index contributed by atoms with van der Waals surface area (Å²) >= 11 is 0. The molecule has 26 heavy (non-hydrogen) atoms. The lowest BCUT2D eigenvalue weighted by atomic mass is 10.0. The second kappa shape index (κ2) is 12.0. The zero-order valence-electron chi connectivity index (χ0n) is 15.9. The van der Waals surface area contributed by atoms with Gasteiger partial charge in [0.2, 0.25) is 5.91 Å². The molecule has 0 aromatic heterocycles. The average molecular weight is 367 g/mol. The van der Waals surface area contributed by atoms with E-state index in [2.05, 4.69) is 5.32 Å². The van der Waals surface area contributed by atoms with Gasteiger partial charge in [-0.05, 0) is 12.8 Å². The maximum absolute atomic E-state index is 13.8. The van der Waals surface area contributed by atoms with Gasteiger partial charge in [-0.2, -0.15) is 0 Å². The highest BCUT2D eigenvalue weighted by molar-refractivity contribution is 6.12. The van der Waals surface area contributed by atoms with Crippen molar-refractivity contribution in [2.45, 2.75) is 27.2 Å². The van der Waals surface area contributed by atoms with E-state index in [-0.39, 0.29) is 41.6 Å². The predicted octanol–water partition coefficient (Wildman–Crippen LogP) is 1.23. The van der Waals surface area contributed by atoms with Gasteiger partial charge in [0.15, 0.2) is 0 Å². The number of rotatable bonds is 10. The second-order valence-electron chi connectivity index (χ2n) is 6.13. The monoisotopic (exact) mass is 367 g/mol. The molecule has 6 N–H and O–H groups in total. The highest BCUT2D eigenvalue weighted by Crippen LogP contribution is 2.17. The molecule has 0 saturated heterocycles. The summed E-state index contributed by atoms with van der Waals surface area (Å²) in [5, 5.41) is 9.96. The molecule has 0 radical (unpaired) electrons. The van der Waals surface area contributed by atoms with Gasteiger partial charge in [0, 0.05) is 44.9 Å². The maximum Gasteiger partial charge on any atom is 0.254 e. The lowest BCUT2D eigenvalue weighted by molar-refractivity contribution is -0.129. The number of carbonyl (C=O) groups is 2. The molecule has 0 aliphatic heterocycles. The first-order chi connectivity index (χ1) is 12.1. The van der Waals surface area contributed by atoms with Crippen LogP contribution in [0, 0.1) is 11.3 Å². The third kappa shape index (κ3) is 8.06. The van der Waals surface area contributed by atoms with Gasteiger partial charge in [-0.25, -0.2) is 4.39 Å². The van der Waals surface area contributed by atoms with E-state index in [9.17, 15) is 14.0 Å². The Bertz CT molecular complexity index is 605. The van der Waals surface area contributed by atoms with E-state index < -0.39 is 11.7 Å². The number of hydrogen-bond acceptors (Lipinski definition) is 5. The first-order valence-electron chi connectivity index (χ1n) is 8.43. The number of halogens is 1. The van der Waals surface area contributed by atoms with Gasteiger partial charge in [0.25, 0.3) is 5.91 Å². The van der Waals surface area contributed by atoms with Crippen LogP contribution in [-0.4, -0.2) is 49.6 Å². The van der Waals surface area contributed by atoms with E-state index in [1.807, 2.05) is 13.8 Å². The average Bonchev–Trinajstić information content (AvgIpc) is 2.55. The molecule has 0 saturated carbocycles. The molecule has 2 amide bonds. The van der Waals surface area contributed by atoms with E-state index in [1.165, 1.54) is 17.9 Å². The van der Waals surface area contributed by atoms with Crippen LogP contribution >= 0.6 is 0 Å². The van der Waals surface area contributed by atoms with Crippen LogP contribution < -0.4 is 16.8 Å². The zero-order chi connectivity index (χ0) is 20.3. The van der Waals surface area contributed by atoms with Gasteiger partial charge >= 0.3 is 0 Å². The molecular weight excluding hydrogens is 337 g/mol. The molecule has 7 nitrogen and oxygen atoms in total. The van der Waals surface area contributed by atoms with Crippen molar-refractivity contribution in [3.05, 3.63) is 34.8 Å². The topological polar surface area (TPSA) is 125 Å². The molecule has 0 aromatic rings. The van der Waals surface area contributed by atoms with Crippen molar-refractivity contribution in [2.75, 3.05) is 26.7 Å². The number of likely N-dealkylation sites (N-methyl/N-ethyl adjacent to an activating group) is 1. The molecule has 0 aliphatic carbocycles. The first-order valence-corrected chi connectivity index (χ1v) is 8.43. The summed E-state index contributed by atoms with van der Waals surface area (Å²) < 4.78 is 13.8. The summed E-state index contributed by atoms with van der Waals surface area (Å²) in [6, 6.07) is 0. The number of allylic oxidation sites excluding steroid dienone is 3. The van der Waals surface area contributed by atoms with Crippen molar-refractivity contribution in [1.82, 2.24) is 10.2 Å². The minimum Gasteiger partial charge on any atom is -0.397 e. The molecule has 0 fully saturated rings. The van der Waals surface area contributed by atoms with Gasteiger partial charge in [0.05, 0.1) is 11.3 Å². The van der Waals surface area contributed by atoms with Crippen LogP contribution in [0.5, 0.6) is 0 Å². The largest absolute Gasteiger partial charge is 0.397 e. The van der Waals surface area contributed by atoms with Crippen molar-refractivity contribution >= 4 is 18.0 Å². The van der Waals surface area contributed by atoms with Crippen LogP contribution in [0.25, 0.3) is 0 Å². The summed E-state index contributed by atoms with van der Waals surface area (Å²) in [6.07, 6.45) is 4.11. The lowest BCUT2D eigenvalue weighted by Crippen LogP contribution is -2.35. The van der Waals surface area contributed by atoms with Gasteiger partial charge in [-0.15, -0.1) is 0 Å². The van der Waals surface area contributed by atoms with Crippen LogP contribution in [0.1, 0.15) is 27.2 Å². The molecule has 0 aliphatic rings. The summed E-state index contributed by atoms with van der Waals surface area (Å²) in [5.41, 5.74) is 11.1. The van der Waals surface area contributed by atoms with E-state index in [0.29, 0.717) is 13.1 Å². The van der Waals surface area contributed by atoms with Crippen molar-refractivity contribution in [2.24, 2.45) is 17.4 Å². The molecule has 8 heteroatoms. The van der Waals surface area contributed by atoms with Crippen LogP contribution in [-0.2, 0) is 9.59 Å². The van der Waals surface area contributed by atoms with E-state index in [4.69, 9.17) is 16.9 Å². The van der Waals surface area contributed by atoms with E-state index in [1.54, 1.807) is 13.1 Å². The van der Waals surface area contributed by atoms with E-state index in [0.717, 1.165) is 6.21 Å². The lowest BCUT2D eigenvalue weighted by Gasteiger charge is -2.16. The Hall–Kier alpha value is -2.48. The highest BCUT2D eigenvalue weighted by atomic mass is 19.1. The number of nitrogens with two attached hydrogens (primary N) is 2. The fourth-order valence-corrected chi connectivity index (χ4v) is 1.98. The molecule has 0 aromatic carbocycles. The maximum atomic E-state index is 13.8. The van der Waals surface area contributed by atoms with E-state index >= 15 is 0 Å². The Morgan fingerprint density at radius 3 is 2.38 bits per heavy atom. The molecule has 0 unspecified atom stereocenters. The summed E-state index contributed by atoms with van der Waals surface area (Å²) in [5.74, 6) is -1.18. The Morgan fingerprint density at radius 1 is 1.31 bits per heavy atom. The van der Waals surface area contributed by atoms with Crippen LogP contribution in [0.3, 0.4) is 0 Å². The summed E-state index contributed by atoms with van der Waals surface area (Å²) in [7, 11) is 1.63. The minimum absolute atomic E-state index is 0.0612. The molecule has 0 rings (SSSR count). The van der Waals surface area contributed by atoms with Gasteiger partial charge < -0.3 is 27.1 Å². The number of hydrogen-bond donors (Lipinski definition) is 4. The van der Waals surface area contributed by atoms with Gasteiger partial charge in [0.1, 0.15) is 5.83 Å². The molecule has 146 valence electrons. The van der Waals surface area contributed by atoms with Crippen molar-refractivity contribution in [3.63, 3.8) is 0 Å².